The SMILES string of the molecule is CCCN1CCO[C@@H]2c3cc(O)ccc3CC[C@H]21.Cl. The first-order valence-corrected chi connectivity index (χ1v) is 6.97. The molecule has 0 spiro atoms. The molecule has 0 unspecified atom stereocenters. The lowest BCUT2D eigenvalue weighted by molar-refractivity contribution is -0.0801. The summed E-state index contributed by atoms with van der Waals surface area (Å²) in [4.78, 5) is 2.56. The minimum atomic E-state index is 0. The minimum absolute atomic E-state index is 0. The van der Waals surface area contributed by atoms with Crippen molar-refractivity contribution < 1.29 is 9.84 Å². The molecule has 19 heavy (non-hydrogen) atoms. The molecule has 0 radical (unpaired) electrons. The highest BCUT2D eigenvalue weighted by Gasteiger charge is 2.36. The second-order valence-electron chi connectivity index (χ2n) is 5.32. The standard InChI is InChI=1S/C15H21NO2.ClH/c1-2-7-16-8-9-18-15-13-10-12(17)5-3-11(13)4-6-14(15)16;/h3,5,10,14-15,17H,2,4,6-9H2,1H3;1H/t14-,15-;/m1./s1. The van der Waals surface area contributed by atoms with Gasteiger partial charge in [-0.15, -0.1) is 12.4 Å². The van der Waals surface area contributed by atoms with Crippen molar-refractivity contribution in [3.05, 3.63) is 29.3 Å². The molecule has 3 rings (SSSR count). The van der Waals surface area contributed by atoms with E-state index in [4.69, 9.17) is 4.74 Å². The predicted octanol–water partition coefficient (Wildman–Crippen LogP) is 2.91. The molecule has 0 bridgehead atoms. The molecule has 2 aliphatic rings. The number of rotatable bonds is 2. The number of aromatic hydroxyl groups is 1. The third-order valence-electron chi connectivity index (χ3n) is 4.15. The van der Waals surface area contributed by atoms with Crippen LogP contribution in [0, 0.1) is 0 Å². The van der Waals surface area contributed by atoms with Gasteiger partial charge in [-0.25, -0.2) is 0 Å². The maximum Gasteiger partial charge on any atom is 0.115 e. The Labute approximate surface area is 121 Å². The van der Waals surface area contributed by atoms with Crippen LogP contribution in [-0.2, 0) is 11.2 Å². The highest BCUT2D eigenvalue weighted by molar-refractivity contribution is 5.85. The Bertz CT molecular complexity index is 436. The van der Waals surface area contributed by atoms with Gasteiger partial charge in [0.1, 0.15) is 5.75 Å². The van der Waals surface area contributed by atoms with Crippen molar-refractivity contribution in [3.8, 4) is 5.75 Å². The summed E-state index contributed by atoms with van der Waals surface area (Å²) in [5, 5.41) is 9.68. The largest absolute Gasteiger partial charge is 0.508 e. The Kier molecular flexibility index (Phi) is 4.71. The summed E-state index contributed by atoms with van der Waals surface area (Å²) in [5.41, 5.74) is 2.54. The van der Waals surface area contributed by atoms with Gasteiger partial charge in [-0.1, -0.05) is 13.0 Å². The van der Waals surface area contributed by atoms with E-state index in [0.29, 0.717) is 11.8 Å². The van der Waals surface area contributed by atoms with E-state index in [0.717, 1.165) is 26.1 Å². The molecule has 1 aliphatic heterocycles. The maximum absolute atomic E-state index is 9.68. The van der Waals surface area contributed by atoms with Crippen LogP contribution in [-0.4, -0.2) is 35.7 Å². The molecule has 1 N–H and O–H groups in total. The number of benzene rings is 1. The number of phenols is 1. The van der Waals surface area contributed by atoms with Crippen molar-refractivity contribution in [3.63, 3.8) is 0 Å². The monoisotopic (exact) mass is 283 g/mol. The van der Waals surface area contributed by atoms with Crippen LogP contribution in [0.15, 0.2) is 18.2 Å². The number of halogens is 1. The maximum atomic E-state index is 9.68. The molecule has 1 fully saturated rings. The molecule has 1 aromatic carbocycles. The van der Waals surface area contributed by atoms with E-state index in [9.17, 15) is 5.11 Å². The molecule has 2 atom stereocenters. The Balaban J connectivity index is 0.00000133. The van der Waals surface area contributed by atoms with Gasteiger partial charge in [0.15, 0.2) is 0 Å². The number of phenolic OH excluding ortho intramolecular Hbond substituents is 1. The summed E-state index contributed by atoms with van der Waals surface area (Å²) in [7, 11) is 0. The molecule has 1 heterocycles. The summed E-state index contributed by atoms with van der Waals surface area (Å²) in [6.45, 7) is 5.23. The van der Waals surface area contributed by atoms with Crippen LogP contribution in [0.5, 0.6) is 5.75 Å². The van der Waals surface area contributed by atoms with E-state index in [1.807, 2.05) is 12.1 Å². The Morgan fingerprint density at radius 2 is 2.26 bits per heavy atom. The van der Waals surface area contributed by atoms with Crippen molar-refractivity contribution in [1.82, 2.24) is 4.90 Å². The first kappa shape index (κ1) is 14.6. The lowest BCUT2D eigenvalue weighted by Crippen LogP contribution is -2.49. The van der Waals surface area contributed by atoms with E-state index in [1.165, 1.54) is 24.0 Å². The van der Waals surface area contributed by atoms with Crippen LogP contribution in [0.25, 0.3) is 0 Å². The van der Waals surface area contributed by atoms with Gasteiger partial charge in [0.05, 0.1) is 12.7 Å². The molecule has 0 amide bonds. The zero-order chi connectivity index (χ0) is 12.5. The van der Waals surface area contributed by atoms with Gasteiger partial charge in [-0.05, 0) is 49.1 Å². The highest BCUT2D eigenvalue weighted by Crippen LogP contribution is 2.39. The average molecular weight is 284 g/mol. The zero-order valence-corrected chi connectivity index (χ0v) is 12.2. The van der Waals surface area contributed by atoms with Crippen LogP contribution in [0.2, 0.25) is 0 Å². The molecular formula is C15H22ClNO2. The number of fused-ring (bicyclic) bond motifs is 3. The molecule has 4 heteroatoms. The number of ether oxygens (including phenoxy) is 1. The van der Waals surface area contributed by atoms with E-state index >= 15 is 0 Å². The van der Waals surface area contributed by atoms with Gasteiger partial charge in [0, 0.05) is 12.6 Å². The Hall–Kier alpha value is -0.770. The molecule has 3 nitrogen and oxygen atoms in total. The van der Waals surface area contributed by atoms with E-state index in [2.05, 4.69) is 11.8 Å². The molecule has 106 valence electrons. The molecule has 1 aromatic rings. The van der Waals surface area contributed by atoms with Crippen LogP contribution in [0.3, 0.4) is 0 Å². The van der Waals surface area contributed by atoms with Gasteiger partial charge in [-0.2, -0.15) is 0 Å². The molecule has 0 aromatic heterocycles. The van der Waals surface area contributed by atoms with Gasteiger partial charge in [0.25, 0.3) is 0 Å². The molecule has 1 saturated heterocycles. The lowest BCUT2D eigenvalue weighted by atomic mass is 9.84. The van der Waals surface area contributed by atoms with Gasteiger partial charge >= 0.3 is 0 Å². The summed E-state index contributed by atoms with van der Waals surface area (Å²) in [6, 6.07) is 6.21. The first-order chi connectivity index (χ1) is 8.79. The minimum Gasteiger partial charge on any atom is -0.508 e. The molecule has 1 aliphatic carbocycles. The van der Waals surface area contributed by atoms with Crippen molar-refractivity contribution in [2.45, 2.75) is 38.3 Å². The van der Waals surface area contributed by atoms with Crippen molar-refractivity contribution in [2.24, 2.45) is 0 Å². The summed E-state index contributed by atoms with van der Waals surface area (Å²) in [5.74, 6) is 0.352. The first-order valence-electron chi connectivity index (χ1n) is 6.97. The third-order valence-corrected chi connectivity index (χ3v) is 4.15. The number of morpholine rings is 1. The fraction of sp³-hybridized carbons (Fsp3) is 0.600. The van der Waals surface area contributed by atoms with Gasteiger partial charge in [0.2, 0.25) is 0 Å². The number of hydrogen-bond donors (Lipinski definition) is 1. The number of hydrogen-bond acceptors (Lipinski definition) is 3. The summed E-state index contributed by atoms with van der Waals surface area (Å²) < 4.78 is 5.99. The second kappa shape index (κ2) is 6.12. The Morgan fingerprint density at radius 1 is 1.42 bits per heavy atom. The molecular weight excluding hydrogens is 262 g/mol. The van der Waals surface area contributed by atoms with Crippen molar-refractivity contribution in [2.75, 3.05) is 19.7 Å². The fourth-order valence-electron chi connectivity index (χ4n) is 3.34. The number of aryl methyl sites for hydroxylation is 1. The van der Waals surface area contributed by atoms with Crippen molar-refractivity contribution in [1.29, 1.82) is 0 Å². The van der Waals surface area contributed by atoms with Crippen LogP contribution >= 0.6 is 12.4 Å². The van der Waals surface area contributed by atoms with Crippen LogP contribution < -0.4 is 0 Å². The summed E-state index contributed by atoms with van der Waals surface area (Å²) >= 11 is 0. The summed E-state index contributed by atoms with van der Waals surface area (Å²) in [6.07, 6.45) is 3.61. The van der Waals surface area contributed by atoms with Crippen LogP contribution in [0.4, 0.5) is 0 Å². The Morgan fingerprint density at radius 3 is 3.05 bits per heavy atom. The zero-order valence-electron chi connectivity index (χ0n) is 11.3. The normalized spacial score (nSPS) is 26.2. The van der Waals surface area contributed by atoms with Crippen LogP contribution in [0.1, 0.15) is 37.0 Å². The van der Waals surface area contributed by atoms with E-state index in [-0.39, 0.29) is 18.5 Å². The predicted molar refractivity (Wildman–Crippen MR) is 78.0 cm³/mol. The van der Waals surface area contributed by atoms with Gasteiger partial charge in [-0.3, -0.25) is 4.90 Å². The van der Waals surface area contributed by atoms with Crippen molar-refractivity contribution >= 4 is 12.4 Å². The van der Waals surface area contributed by atoms with Gasteiger partial charge < -0.3 is 9.84 Å². The smallest absolute Gasteiger partial charge is 0.115 e. The number of nitrogens with zero attached hydrogens (tertiary/aromatic N) is 1. The fourth-order valence-corrected chi connectivity index (χ4v) is 3.34. The topological polar surface area (TPSA) is 32.7 Å². The van der Waals surface area contributed by atoms with E-state index < -0.39 is 0 Å². The molecule has 0 saturated carbocycles. The average Bonchev–Trinajstić information content (AvgIpc) is 2.39. The quantitative estimate of drug-likeness (QED) is 0.906. The van der Waals surface area contributed by atoms with E-state index in [1.54, 1.807) is 6.07 Å². The third kappa shape index (κ3) is 2.73. The highest BCUT2D eigenvalue weighted by atomic mass is 35.5. The lowest BCUT2D eigenvalue weighted by Gasteiger charge is -2.44. The second-order valence-corrected chi connectivity index (χ2v) is 5.32.